The highest BCUT2D eigenvalue weighted by Gasteiger charge is 2.33. The highest BCUT2D eigenvalue weighted by molar-refractivity contribution is 8.14. The molecule has 2 aliphatic heterocycles. The minimum Gasteiger partial charge on any atom is -0.296 e. The topological polar surface area (TPSA) is 70.4 Å². The van der Waals surface area contributed by atoms with E-state index in [1.165, 1.54) is 35.3 Å². The zero-order valence-corrected chi connectivity index (χ0v) is 24.6. The van der Waals surface area contributed by atoms with Gasteiger partial charge in [-0.05, 0) is 66.7 Å². The largest absolute Gasteiger partial charge is 0.416 e. The average Bonchev–Trinajstić information content (AvgIpc) is 3.63. The first-order chi connectivity index (χ1) is 20.6. The lowest BCUT2D eigenvalue weighted by Gasteiger charge is -2.29. The summed E-state index contributed by atoms with van der Waals surface area (Å²) in [6.45, 7) is 4.06. The predicted molar refractivity (Wildman–Crippen MR) is 164 cm³/mol. The first kappa shape index (κ1) is 29.0. The molecular weight excluding hydrogens is 599 g/mol. The van der Waals surface area contributed by atoms with Crippen LogP contribution < -0.4 is 15.8 Å². The van der Waals surface area contributed by atoms with Gasteiger partial charge in [-0.25, -0.2) is 19.5 Å². The molecule has 2 aliphatic rings. The summed E-state index contributed by atoms with van der Waals surface area (Å²) in [4.78, 5) is 10.9. The normalized spacial score (nSPS) is 17.8. The van der Waals surface area contributed by atoms with E-state index in [1.54, 1.807) is 11.8 Å². The Labute approximate surface area is 254 Å². The number of fused-ring (bicyclic) bond motifs is 3. The van der Waals surface area contributed by atoms with E-state index >= 15 is 0 Å². The van der Waals surface area contributed by atoms with Crippen LogP contribution in [-0.4, -0.2) is 30.8 Å². The second-order valence-corrected chi connectivity index (χ2v) is 11.5. The molecule has 6 rings (SSSR count). The summed E-state index contributed by atoms with van der Waals surface area (Å²) in [5.41, 5.74) is 10.5. The maximum absolute atomic E-state index is 14.1. The number of benzene rings is 3. The number of aliphatic imine (C=N–C) groups is 1. The van der Waals surface area contributed by atoms with Gasteiger partial charge in [-0.15, -0.1) is 5.10 Å². The van der Waals surface area contributed by atoms with Gasteiger partial charge in [0.15, 0.2) is 11.0 Å². The summed E-state index contributed by atoms with van der Waals surface area (Å²) in [5, 5.41) is 5.35. The van der Waals surface area contributed by atoms with Gasteiger partial charge in [0.05, 0.1) is 16.9 Å². The number of rotatable bonds is 5. The Bertz CT molecular complexity index is 1730. The van der Waals surface area contributed by atoms with Crippen molar-refractivity contribution in [3.63, 3.8) is 0 Å². The lowest BCUT2D eigenvalue weighted by Crippen LogP contribution is -2.38. The Hall–Kier alpha value is -4.07. The third-order valence-corrected chi connectivity index (χ3v) is 8.37. The minimum atomic E-state index is -4.40. The molecule has 0 aliphatic carbocycles. The molecule has 43 heavy (non-hydrogen) atoms. The van der Waals surface area contributed by atoms with Crippen LogP contribution >= 0.6 is 24.0 Å². The molecule has 4 aromatic rings. The average molecular weight is 624 g/mol. The minimum absolute atomic E-state index is 0.137. The number of nitrogens with zero attached hydrogens (tertiary/aromatic N) is 5. The van der Waals surface area contributed by atoms with Crippen molar-refractivity contribution in [2.75, 3.05) is 10.7 Å². The third kappa shape index (κ3) is 6.05. The number of aromatic nitrogens is 3. The van der Waals surface area contributed by atoms with E-state index < -0.39 is 11.7 Å². The van der Waals surface area contributed by atoms with Gasteiger partial charge in [0, 0.05) is 29.0 Å². The Morgan fingerprint density at radius 2 is 1.84 bits per heavy atom. The van der Waals surface area contributed by atoms with Crippen molar-refractivity contribution in [2.24, 2.45) is 4.99 Å². The number of amidine groups is 1. The van der Waals surface area contributed by atoms with Gasteiger partial charge in [0.1, 0.15) is 12.1 Å². The van der Waals surface area contributed by atoms with Gasteiger partial charge < -0.3 is 0 Å². The fraction of sp³-hybridized carbons (Fsp3) is 0.200. The SMILES string of the molecule is CC1C=C2CS/C(=N\C(=S)NNC(C)c3ccc(-c4ncn(-c5ccc(C(F)(F)F)cc5)n4)cc3)N2c2cc(F)ccc21. The van der Waals surface area contributed by atoms with E-state index in [-0.39, 0.29) is 22.9 Å². The van der Waals surface area contributed by atoms with Crippen molar-refractivity contribution < 1.29 is 17.6 Å². The molecular formula is C30H25F4N7S2. The fourth-order valence-corrected chi connectivity index (χ4v) is 6.14. The molecule has 3 aromatic carbocycles. The van der Waals surface area contributed by atoms with Crippen LogP contribution in [0.25, 0.3) is 17.1 Å². The summed E-state index contributed by atoms with van der Waals surface area (Å²) in [7, 11) is 0. The second-order valence-electron chi connectivity index (χ2n) is 10.1. The first-order valence-electron chi connectivity index (χ1n) is 13.3. The quantitative estimate of drug-likeness (QED) is 0.139. The van der Waals surface area contributed by atoms with Gasteiger partial charge in [-0.1, -0.05) is 55.1 Å². The van der Waals surface area contributed by atoms with E-state index in [9.17, 15) is 17.6 Å². The molecule has 0 saturated carbocycles. The number of thiocarbonyl (C=S) groups is 1. The van der Waals surface area contributed by atoms with Gasteiger partial charge in [0.2, 0.25) is 5.11 Å². The molecule has 1 fully saturated rings. The van der Waals surface area contributed by atoms with Gasteiger partial charge in [-0.3, -0.25) is 10.3 Å². The van der Waals surface area contributed by atoms with Crippen LogP contribution in [0, 0.1) is 5.82 Å². The molecule has 2 atom stereocenters. The zero-order valence-electron chi connectivity index (χ0n) is 22.9. The summed E-state index contributed by atoms with van der Waals surface area (Å²) < 4.78 is 54.1. The molecule has 1 saturated heterocycles. The lowest BCUT2D eigenvalue weighted by molar-refractivity contribution is -0.137. The number of hydrogen-bond donors (Lipinski definition) is 2. The number of halogens is 4. The number of anilines is 1. The summed E-state index contributed by atoms with van der Waals surface area (Å²) in [6.07, 6.45) is -0.764. The van der Waals surface area contributed by atoms with E-state index in [0.29, 0.717) is 16.7 Å². The van der Waals surface area contributed by atoms with Crippen molar-refractivity contribution in [1.29, 1.82) is 0 Å². The van der Waals surface area contributed by atoms with Crippen LogP contribution in [0.2, 0.25) is 0 Å². The smallest absolute Gasteiger partial charge is 0.296 e. The van der Waals surface area contributed by atoms with Crippen LogP contribution in [-0.2, 0) is 6.18 Å². The Morgan fingerprint density at radius 1 is 1.09 bits per heavy atom. The zero-order chi connectivity index (χ0) is 30.3. The molecule has 13 heteroatoms. The number of hydrazine groups is 1. The predicted octanol–water partition coefficient (Wildman–Crippen LogP) is 7.14. The third-order valence-electron chi connectivity index (χ3n) is 7.21. The summed E-state index contributed by atoms with van der Waals surface area (Å²) in [5.74, 6) is 1.06. The van der Waals surface area contributed by atoms with Crippen LogP contribution in [0.4, 0.5) is 23.2 Å². The van der Waals surface area contributed by atoms with E-state index in [1.807, 2.05) is 42.2 Å². The molecule has 1 aromatic heterocycles. The highest BCUT2D eigenvalue weighted by atomic mass is 32.2. The lowest BCUT2D eigenvalue weighted by atomic mass is 9.94. The Kier molecular flexibility index (Phi) is 7.79. The molecule has 0 spiro atoms. The number of thioether (sulfide) groups is 1. The van der Waals surface area contributed by atoms with Gasteiger partial charge >= 0.3 is 6.18 Å². The maximum atomic E-state index is 14.1. The van der Waals surface area contributed by atoms with Crippen molar-refractivity contribution >= 4 is 39.9 Å². The molecule has 7 nitrogen and oxygen atoms in total. The summed E-state index contributed by atoms with van der Waals surface area (Å²) in [6, 6.07) is 17.0. The van der Waals surface area contributed by atoms with Gasteiger partial charge in [-0.2, -0.15) is 18.2 Å². The van der Waals surface area contributed by atoms with Crippen molar-refractivity contribution in [1.82, 2.24) is 25.6 Å². The van der Waals surface area contributed by atoms with Crippen LogP contribution in [0.5, 0.6) is 0 Å². The van der Waals surface area contributed by atoms with E-state index in [0.717, 1.165) is 46.0 Å². The standard InChI is InChI=1S/C30H25F4N7S2/c1-17-13-24-15-43-29(41(24)26-14-22(31)9-12-25(17)26)36-28(42)38-37-18(2)19-3-5-20(6-4-19)27-35-16-40(39-27)23-10-7-21(8-11-23)30(32,33)34/h3-14,16-18,37H,15H2,1-2H3,(H,38,42)/b36-29-. The van der Waals surface area contributed by atoms with Crippen LogP contribution in [0.3, 0.4) is 0 Å². The fourth-order valence-electron chi connectivity index (χ4n) is 4.94. The van der Waals surface area contributed by atoms with Crippen molar-refractivity contribution in [3.8, 4) is 17.1 Å². The van der Waals surface area contributed by atoms with Gasteiger partial charge in [0.25, 0.3) is 0 Å². The van der Waals surface area contributed by atoms with Crippen LogP contribution in [0.15, 0.2) is 89.8 Å². The monoisotopic (exact) mass is 623 g/mol. The number of alkyl halides is 3. The molecule has 0 bridgehead atoms. The maximum Gasteiger partial charge on any atom is 0.416 e. The molecule has 0 radical (unpaired) electrons. The number of nitrogens with one attached hydrogen (secondary N) is 2. The number of allylic oxidation sites excluding steroid dienone is 1. The van der Waals surface area contributed by atoms with Crippen molar-refractivity contribution in [2.45, 2.75) is 32.0 Å². The Morgan fingerprint density at radius 3 is 2.56 bits per heavy atom. The second kappa shape index (κ2) is 11.5. The highest BCUT2D eigenvalue weighted by Crippen LogP contribution is 2.43. The molecule has 220 valence electrons. The van der Waals surface area contributed by atoms with Crippen LogP contribution in [0.1, 0.15) is 42.5 Å². The van der Waals surface area contributed by atoms with Crippen molar-refractivity contribution in [3.05, 3.63) is 107 Å². The van der Waals surface area contributed by atoms with E-state index in [2.05, 4.69) is 38.9 Å². The molecule has 0 amide bonds. The molecule has 3 heterocycles. The molecule has 2 N–H and O–H groups in total. The molecule has 2 unspecified atom stereocenters. The Balaban J connectivity index is 1.08. The first-order valence-corrected chi connectivity index (χ1v) is 14.7. The summed E-state index contributed by atoms with van der Waals surface area (Å²) >= 11 is 7.03. The number of hydrogen-bond acceptors (Lipinski definition) is 5. The van der Waals surface area contributed by atoms with E-state index in [4.69, 9.17) is 12.2 Å².